The first kappa shape index (κ1) is 10.3. The highest BCUT2D eigenvalue weighted by Crippen LogP contribution is 2.65. The molecule has 2 N–H and O–H groups in total. The first-order chi connectivity index (χ1) is 9.18. The summed E-state index contributed by atoms with van der Waals surface area (Å²) in [7, 11) is 0. The second-order valence-corrected chi connectivity index (χ2v) is 6.64. The fourth-order valence-electron chi connectivity index (χ4n) is 5.27. The van der Waals surface area contributed by atoms with Crippen LogP contribution in [0.2, 0.25) is 0 Å². The predicted octanol–water partition coefficient (Wildman–Crippen LogP) is 3.01. The molecule has 19 heavy (non-hydrogen) atoms. The zero-order chi connectivity index (χ0) is 12.9. The standard InChI is InChI=1S/C16H16O3/c17-14-8-3-4-9(14)13-12(8)15(18)10-6-1-2-7(5-6)11(10)16(13)19/h6-9,18-19H,1-5H2/t6-,7+,8+,9-. The van der Waals surface area contributed by atoms with Crippen LogP contribution in [0.15, 0.2) is 0 Å². The van der Waals surface area contributed by atoms with Crippen molar-refractivity contribution in [1.82, 2.24) is 0 Å². The summed E-state index contributed by atoms with van der Waals surface area (Å²) in [5, 5.41) is 21.3. The minimum Gasteiger partial charge on any atom is -0.507 e. The molecule has 4 aliphatic rings. The van der Waals surface area contributed by atoms with Gasteiger partial charge in [-0.25, -0.2) is 0 Å². The van der Waals surface area contributed by atoms with Crippen LogP contribution in [0.4, 0.5) is 0 Å². The van der Waals surface area contributed by atoms with Crippen molar-refractivity contribution in [2.75, 3.05) is 0 Å². The first-order valence-electron chi connectivity index (χ1n) is 7.33. The number of hydrogen-bond donors (Lipinski definition) is 2. The predicted molar refractivity (Wildman–Crippen MR) is 68.8 cm³/mol. The maximum atomic E-state index is 12.2. The molecule has 2 fully saturated rings. The van der Waals surface area contributed by atoms with Crippen molar-refractivity contribution >= 4 is 5.78 Å². The van der Waals surface area contributed by atoms with Gasteiger partial charge in [-0.15, -0.1) is 0 Å². The number of phenolic OH excluding ortho intramolecular Hbond substituents is 2. The number of carbonyl (C=O) groups excluding carboxylic acids is 1. The van der Waals surface area contributed by atoms with E-state index in [1.54, 1.807) is 0 Å². The summed E-state index contributed by atoms with van der Waals surface area (Å²) >= 11 is 0. The minimum absolute atomic E-state index is 0.143. The summed E-state index contributed by atoms with van der Waals surface area (Å²) < 4.78 is 0. The van der Waals surface area contributed by atoms with Gasteiger partial charge < -0.3 is 10.2 Å². The largest absolute Gasteiger partial charge is 0.507 e. The molecule has 0 spiro atoms. The lowest BCUT2D eigenvalue weighted by Crippen LogP contribution is -2.07. The quantitative estimate of drug-likeness (QED) is 0.701. The van der Waals surface area contributed by atoms with Gasteiger partial charge in [0.05, 0.1) is 0 Å². The van der Waals surface area contributed by atoms with Gasteiger partial charge in [-0.05, 0) is 43.9 Å². The zero-order valence-electron chi connectivity index (χ0n) is 10.6. The normalized spacial score (nSPS) is 36.9. The molecule has 5 rings (SSSR count). The molecule has 0 aromatic heterocycles. The second-order valence-electron chi connectivity index (χ2n) is 6.64. The van der Waals surface area contributed by atoms with E-state index in [4.69, 9.17) is 0 Å². The van der Waals surface area contributed by atoms with Crippen LogP contribution in [0.25, 0.3) is 0 Å². The van der Waals surface area contributed by atoms with E-state index in [0.29, 0.717) is 23.3 Å². The van der Waals surface area contributed by atoms with Crippen LogP contribution in [-0.4, -0.2) is 16.0 Å². The molecule has 1 aromatic carbocycles. The van der Waals surface area contributed by atoms with Crippen LogP contribution in [0.5, 0.6) is 11.5 Å². The lowest BCUT2D eigenvalue weighted by Gasteiger charge is -2.25. The van der Waals surface area contributed by atoms with Gasteiger partial charge in [0.1, 0.15) is 17.3 Å². The number of fused-ring (bicyclic) bond motifs is 10. The maximum Gasteiger partial charge on any atom is 0.148 e. The van der Waals surface area contributed by atoms with E-state index in [0.717, 1.165) is 54.4 Å². The van der Waals surface area contributed by atoms with E-state index < -0.39 is 0 Å². The SMILES string of the molecule is O=C1[C@H]2CC[C@@H]1c1c(O)c3c(c(O)c12)[C@@H]1CC[C@H]3C1. The number of phenols is 2. The van der Waals surface area contributed by atoms with Crippen LogP contribution in [0, 0.1) is 0 Å². The average molecular weight is 256 g/mol. The highest BCUT2D eigenvalue weighted by molar-refractivity contribution is 6.01. The number of carbonyl (C=O) groups is 1. The topological polar surface area (TPSA) is 57.5 Å². The molecule has 0 heterocycles. The molecule has 3 heteroatoms. The Balaban J connectivity index is 1.88. The summed E-state index contributed by atoms with van der Waals surface area (Å²) in [5.41, 5.74) is 3.52. The summed E-state index contributed by atoms with van der Waals surface area (Å²) in [4.78, 5) is 12.2. The summed E-state index contributed by atoms with van der Waals surface area (Å²) in [6.45, 7) is 0. The molecule has 0 unspecified atom stereocenters. The molecule has 3 nitrogen and oxygen atoms in total. The lowest BCUT2D eigenvalue weighted by molar-refractivity contribution is -0.119. The van der Waals surface area contributed by atoms with Gasteiger partial charge in [0, 0.05) is 34.1 Å². The van der Waals surface area contributed by atoms with Crippen molar-refractivity contribution in [2.45, 2.75) is 55.8 Å². The third-order valence-electron chi connectivity index (χ3n) is 5.98. The fourth-order valence-corrected chi connectivity index (χ4v) is 5.27. The van der Waals surface area contributed by atoms with Crippen molar-refractivity contribution in [3.8, 4) is 11.5 Å². The maximum absolute atomic E-state index is 12.2. The van der Waals surface area contributed by atoms with E-state index >= 15 is 0 Å². The molecule has 4 aliphatic carbocycles. The third-order valence-corrected chi connectivity index (χ3v) is 5.98. The van der Waals surface area contributed by atoms with Crippen molar-refractivity contribution in [3.05, 3.63) is 22.3 Å². The van der Waals surface area contributed by atoms with Gasteiger partial charge in [0.15, 0.2) is 0 Å². The van der Waals surface area contributed by atoms with Gasteiger partial charge in [0.25, 0.3) is 0 Å². The Morgan fingerprint density at radius 2 is 1.21 bits per heavy atom. The van der Waals surface area contributed by atoms with Crippen molar-refractivity contribution in [2.24, 2.45) is 0 Å². The summed E-state index contributed by atoms with van der Waals surface area (Å²) in [6.07, 6.45) is 4.99. The molecular formula is C16H16O3. The van der Waals surface area contributed by atoms with Crippen LogP contribution in [-0.2, 0) is 4.79 Å². The molecule has 1 aromatic rings. The van der Waals surface area contributed by atoms with E-state index in [1.807, 2.05) is 0 Å². The monoisotopic (exact) mass is 256 g/mol. The number of hydrogen-bond acceptors (Lipinski definition) is 3. The summed E-state index contributed by atoms with van der Waals surface area (Å²) in [6, 6.07) is 0. The molecule has 4 bridgehead atoms. The average Bonchev–Trinajstić information content (AvgIpc) is 3.14. The second kappa shape index (κ2) is 2.97. The lowest BCUT2D eigenvalue weighted by atomic mass is 9.81. The Morgan fingerprint density at radius 1 is 0.737 bits per heavy atom. The van der Waals surface area contributed by atoms with E-state index in [2.05, 4.69) is 0 Å². The van der Waals surface area contributed by atoms with E-state index in [-0.39, 0.29) is 17.6 Å². The van der Waals surface area contributed by atoms with Crippen LogP contribution >= 0.6 is 0 Å². The van der Waals surface area contributed by atoms with Crippen LogP contribution in [0.1, 0.15) is 78.0 Å². The molecule has 4 atom stereocenters. The number of aromatic hydroxyl groups is 2. The van der Waals surface area contributed by atoms with Gasteiger partial charge in [0.2, 0.25) is 0 Å². The van der Waals surface area contributed by atoms with E-state index in [1.165, 1.54) is 0 Å². The first-order valence-corrected chi connectivity index (χ1v) is 7.33. The minimum atomic E-state index is -0.143. The van der Waals surface area contributed by atoms with Crippen LogP contribution in [0.3, 0.4) is 0 Å². The summed E-state index contributed by atoms with van der Waals surface area (Å²) in [5.74, 6) is 1.46. The zero-order valence-corrected chi connectivity index (χ0v) is 10.6. The fraction of sp³-hybridized carbons (Fsp3) is 0.562. The Labute approximate surface area is 111 Å². The van der Waals surface area contributed by atoms with E-state index in [9.17, 15) is 15.0 Å². The molecule has 0 amide bonds. The Morgan fingerprint density at radius 3 is 1.68 bits per heavy atom. The highest BCUT2D eigenvalue weighted by atomic mass is 16.3. The molecule has 0 aliphatic heterocycles. The van der Waals surface area contributed by atoms with Crippen molar-refractivity contribution in [3.63, 3.8) is 0 Å². The Hall–Kier alpha value is -1.51. The molecule has 2 saturated carbocycles. The highest BCUT2D eigenvalue weighted by Gasteiger charge is 2.52. The molecule has 0 saturated heterocycles. The number of benzene rings is 1. The smallest absolute Gasteiger partial charge is 0.148 e. The van der Waals surface area contributed by atoms with Crippen molar-refractivity contribution < 1.29 is 15.0 Å². The molecular weight excluding hydrogens is 240 g/mol. The van der Waals surface area contributed by atoms with Gasteiger partial charge >= 0.3 is 0 Å². The van der Waals surface area contributed by atoms with Gasteiger partial charge in [-0.3, -0.25) is 4.79 Å². The Kier molecular flexibility index (Phi) is 1.61. The van der Waals surface area contributed by atoms with Crippen molar-refractivity contribution in [1.29, 1.82) is 0 Å². The van der Waals surface area contributed by atoms with Gasteiger partial charge in [-0.2, -0.15) is 0 Å². The van der Waals surface area contributed by atoms with Gasteiger partial charge in [-0.1, -0.05) is 0 Å². The number of Topliss-reactive ketones (excluding diaryl/α,β-unsaturated/α-hetero) is 1. The third kappa shape index (κ3) is 0.946. The molecule has 0 radical (unpaired) electrons. The number of ketones is 1. The van der Waals surface area contributed by atoms with Crippen LogP contribution < -0.4 is 0 Å². The molecule has 98 valence electrons. The number of rotatable bonds is 0. The Bertz CT molecular complexity index is 593.